The topological polar surface area (TPSA) is 67.4 Å². The largest absolute Gasteiger partial charge is 0.376 e. The van der Waals surface area contributed by atoms with Gasteiger partial charge in [0.25, 0.3) is 5.91 Å². The molecule has 1 fully saturated rings. The Balaban J connectivity index is 2.00. The molecule has 6 heteroatoms. The zero-order valence-electron chi connectivity index (χ0n) is 13.8. The van der Waals surface area contributed by atoms with E-state index in [9.17, 15) is 4.79 Å². The molecule has 1 saturated heterocycles. The Morgan fingerprint density at radius 1 is 1.50 bits per heavy atom. The molecular formula is C16H26N4O2. The molecule has 2 rings (SSSR count). The van der Waals surface area contributed by atoms with Gasteiger partial charge in [-0.15, -0.1) is 0 Å². The maximum atomic E-state index is 12.4. The second-order valence-electron chi connectivity index (χ2n) is 5.81. The molecule has 0 saturated carbocycles. The quantitative estimate of drug-likeness (QED) is 0.837. The van der Waals surface area contributed by atoms with Gasteiger partial charge in [0.05, 0.1) is 6.10 Å². The maximum Gasteiger partial charge on any atom is 0.272 e. The van der Waals surface area contributed by atoms with Crippen molar-refractivity contribution in [3.8, 4) is 0 Å². The van der Waals surface area contributed by atoms with E-state index in [1.807, 2.05) is 14.0 Å². The molecule has 2 heterocycles. The van der Waals surface area contributed by atoms with Crippen LogP contribution in [-0.2, 0) is 4.74 Å². The summed E-state index contributed by atoms with van der Waals surface area (Å²) in [7, 11) is 1.81. The predicted molar refractivity (Wildman–Crippen MR) is 86.1 cm³/mol. The molecule has 0 spiro atoms. The molecule has 0 aromatic carbocycles. The molecule has 1 N–H and O–H groups in total. The van der Waals surface area contributed by atoms with Gasteiger partial charge >= 0.3 is 0 Å². The first kappa shape index (κ1) is 16.7. The maximum absolute atomic E-state index is 12.4. The van der Waals surface area contributed by atoms with Gasteiger partial charge < -0.3 is 15.0 Å². The Hall–Kier alpha value is -1.69. The molecule has 1 aromatic rings. The monoisotopic (exact) mass is 306 g/mol. The van der Waals surface area contributed by atoms with Crippen molar-refractivity contribution in [2.45, 2.75) is 45.6 Å². The summed E-state index contributed by atoms with van der Waals surface area (Å²) in [5.41, 5.74) is 1.23. The van der Waals surface area contributed by atoms with Crippen molar-refractivity contribution in [2.24, 2.45) is 0 Å². The Bertz CT molecular complexity index is 501. The molecule has 1 aliphatic rings. The number of ether oxygens (including phenoxy) is 1. The molecule has 22 heavy (non-hydrogen) atoms. The molecular weight excluding hydrogens is 280 g/mol. The summed E-state index contributed by atoms with van der Waals surface area (Å²) in [6, 6.07) is 1.74. The smallest absolute Gasteiger partial charge is 0.272 e. The number of rotatable bonds is 7. The number of amides is 1. The van der Waals surface area contributed by atoms with Gasteiger partial charge in [0.15, 0.2) is 0 Å². The van der Waals surface area contributed by atoms with Crippen molar-refractivity contribution in [2.75, 3.05) is 32.1 Å². The number of hydrogen-bond acceptors (Lipinski definition) is 5. The Morgan fingerprint density at radius 3 is 3.00 bits per heavy atom. The third-order valence-electron chi connectivity index (χ3n) is 3.78. The van der Waals surface area contributed by atoms with Crippen LogP contribution in [0.25, 0.3) is 0 Å². The Morgan fingerprint density at radius 2 is 2.32 bits per heavy atom. The van der Waals surface area contributed by atoms with Crippen LogP contribution < -0.4 is 5.32 Å². The van der Waals surface area contributed by atoms with E-state index in [0.717, 1.165) is 44.5 Å². The Labute approximate surface area is 132 Å². The molecule has 1 atom stereocenters. The average Bonchev–Trinajstić information content (AvgIpc) is 3.02. The van der Waals surface area contributed by atoms with Crippen LogP contribution in [0.3, 0.4) is 0 Å². The fraction of sp³-hybridized carbons (Fsp3) is 0.688. The van der Waals surface area contributed by atoms with Crippen LogP contribution in [0.15, 0.2) is 6.07 Å². The first-order valence-electron chi connectivity index (χ1n) is 8.06. The van der Waals surface area contributed by atoms with Gasteiger partial charge in [-0.3, -0.25) is 4.79 Å². The van der Waals surface area contributed by atoms with E-state index in [-0.39, 0.29) is 12.0 Å². The van der Waals surface area contributed by atoms with Crippen molar-refractivity contribution in [3.05, 3.63) is 17.5 Å². The number of hydrogen-bond donors (Lipinski definition) is 1. The van der Waals surface area contributed by atoms with Crippen LogP contribution in [0, 0.1) is 6.92 Å². The summed E-state index contributed by atoms with van der Waals surface area (Å²) in [4.78, 5) is 22.8. The van der Waals surface area contributed by atoms with E-state index in [0.29, 0.717) is 18.2 Å². The molecule has 122 valence electrons. The van der Waals surface area contributed by atoms with Gasteiger partial charge in [0.2, 0.25) is 5.95 Å². The second kappa shape index (κ2) is 8.08. The molecule has 0 radical (unpaired) electrons. The van der Waals surface area contributed by atoms with E-state index >= 15 is 0 Å². The van der Waals surface area contributed by atoms with Crippen LogP contribution in [0.2, 0.25) is 0 Å². The lowest BCUT2D eigenvalue weighted by molar-refractivity contribution is 0.0787. The Kier molecular flexibility index (Phi) is 6.12. The lowest BCUT2D eigenvalue weighted by Gasteiger charge is -2.17. The van der Waals surface area contributed by atoms with E-state index in [1.165, 1.54) is 0 Å². The minimum absolute atomic E-state index is 0.0564. The summed E-state index contributed by atoms with van der Waals surface area (Å²) in [5.74, 6) is 0.446. The fourth-order valence-corrected chi connectivity index (χ4v) is 2.46. The summed E-state index contributed by atoms with van der Waals surface area (Å²) >= 11 is 0. The number of carbonyl (C=O) groups excluding carboxylic acids is 1. The molecule has 0 bridgehead atoms. The average molecular weight is 306 g/mol. The number of unbranched alkanes of at least 4 members (excludes halogenated alkanes) is 1. The van der Waals surface area contributed by atoms with Gasteiger partial charge in [-0.1, -0.05) is 13.3 Å². The zero-order valence-corrected chi connectivity index (χ0v) is 13.8. The molecule has 6 nitrogen and oxygen atoms in total. The van der Waals surface area contributed by atoms with Crippen LogP contribution in [0.1, 0.15) is 48.8 Å². The zero-order chi connectivity index (χ0) is 15.9. The van der Waals surface area contributed by atoms with Gasteiger partial charge in [-0.2, -0.15) is 0 Å². The number of nitrogens with zero attached hydrogens (tertiary/aromatic N) is 3. The van der Waals surface area contributed by atoms with Gasteiger partial charge in [0.1, 0.15) is 5.69 Å². The normalized spacial score (nSPS) is 17.5. The van der Waals surface area contributed by atoms with Crippen molar-refractivity contribution >= 4 is 11.9 Å². The van der Waals surface area contributed by atoms with Crippen molar-refractivity contribution in [3.63, 3.8) is 0 Å². The van der Waals surface area contributed by atoms with Crippen LogP contribution in [0.5, 0.6) is 0 Å². The van der Waals surface area contributed by atoms with Crippen LogP contribution >= 0.6 is 0 Å². The lowest BCUT2D eigenvalue weighted by atomic mass is 10.2. The number of carbonyl (C=O) groups is 1. The van der Waals surface area contributed by atoms with Gasteiger partial charge in [0, 0.05) is 32.4 Å². The summed E-state index contributed by atoms with van der Waals surface area (Å²) in [5, 5.41) is 3.19. The highest BCUT2D eigenvalue weighted by molar-refractivity contribution is 5.92. The lowest BCUT2D eigenvalue weighted by Crippen LogP contribution is -2.29. The van der Waals surface area contributed by atoms with Gasteiger partial charge in [-0.25, -0.2) is 9.97 Å². The molecule has 0 aliphatic carbocycles. The van der Waals surface area contributed by atoms with Crippen molar-refractivity contribution < 1.29 is 9.53 Å². The molecule has 1 aromatic heterocycles. The molecule has 1 amide bonds. The number of anilines is 1. The molecule has 1 unspecified atom stereocenters. The summed E-state index contributed by atoms with van der Waals surface area (Å²) < 4.78 is 5.57. The van der Waals surface area contributed by atoms with E-state index in [1.54, 1.807) is 11.0 Å². The van der Waals surface area contributed by atoms with Crippen molar-refractivity contribution in [1.82, 2.24) is 14.9 Å². The predicted octanol–water partition coefficient (Wildman–Crippen LogP) is 2.25. The SMILES string of the molecule is CCCCN(C)C(=O)c1cc(C)nc(NCC2CCCO2)n1. The van der Waals surface area contributed by atoms with E-state index in [2.05, 4.69) is 22.2 Å². The van der Waals surface area contributed by atoms with Crippen LogP contribution in [-0.4, -0.2) is 53.6 Å². The third-order valence-corrected chi connectivity index (χ3v) is 3.78. The summed E-state index contributed by atoms with van der Waals surface area (Å²) in [6.07, 6.45) is 4.44. The standard InChI is InChI=1S/C16H26N4O2/c1-4-5-8-20(3)15(21)14-10-12(2)18-16(19-14)17-11-13-7-6-9-22-13/h10,13H,4-9,11H2,1-3H3,(H,17,18,19). The van der Waals surface area contributed by atoms with E-state index < -0.39 is 0 Å². The van der Waals surface area contributed by atoms with Crippen LogP contribution in [0.4, 0.5) is 5.95 Å². The first-order valence-corrected chi connectivity index (χ1v) is 8.06. The highest BCUT2D eigenvalue weighted by Crippen LogP contribution is 2.13. The van der Waals surface area contributed by atoms with Gasteiger partial charge in [-0.05, 0) is 32.3 Å². The minimum atomic E-state index is -0.0564. The van der Waals surface area contributed by atoms with Crippen molar-refractivity contribution in [1.29, 1.82) is 0 Å². The second-order valence-corrected chi connectivity index (χ2v) is 5.81. The minimum Gasteiger partial charge on any atom is -0.376 e. The molecule has 1 aliphatic heterocycles. The highest BCUT2D eigenvalue weighted by atomic mass is 16.5. The fourth-order valence-electron chi connectivity index (χ4n) is 2.46. The third kappa shape index (κ3) is 4.66. The highest BCUT2D eigenvalue weighted by Gasteiger charge is 2.17. The number of aryl methyl sites for hydroxylation is 1. The number of nitrogens with one attached hydrogen (secondary N) is 1. The summed E-state index contributed by atoms with van der Waals surface area (Å²) in [6.45, 7) is 6.24. The first-order chi connectivity index (χ1) is 10.6. The van der Waals surface area contributed by atoms with E-state index in [4.69, 9.17) is 4.74 Å². The number of aromatic nitrogens is 2.